The molecule has 0 radical (unpaired) electrons. The Labute approximate surface area is 548 Å². The van der Waals surface area contributed by atoms with Crippen LogP contribution < -0.4 is 9.47 Å². The molecule has 0 spiro atoms. The number of ether oxygens (including phenoxy) is 3. The molecule has 0 atom stereocenters. The van der Waals surface area contributed by atoms with Crippen molar-refractivity contribution in [1.29, 1.82) is 0 Å². The van der Waals surface area contributed by atoms with Crippen molar-refractivity contribution in [2.75, 3.05) is 0 Å². The number of nitrogens with zero attached hydrogens (tertiary/aromatic N) is 6. The minimum atomic E-state index is -0.530. The maximum Gasteiger partial charge on any atom is 0.419 e. The number of benzene rings is 2. The SMILES string of the molecule is C#CC#CC#CC#CC#CC#CC#CC#CC#CC#CC#COc1cc(C)cc(CO)c1.C#CC#CC#CC#CC#CC#CC#CC#CC#CC#CC#COc1cc(C)cc(COC(=O)n2ccnc2)c1.O=C(n1ccnc1)n1ccnc1.[HH].[HH].[HH].[HH].[HH].[HH].[HH].[HH].[HH].[HH].[HH].[HH].[HH].[HH].[HH].[HH].[HH].[HH].[HH].[HH].[HH].[HH].[HH].[HH].[HH].[HH].[HH].[HH].[HH].[HH].[HH].[HH].[HH].[HH].[HH].[HH].[HH].[HH].[HH].[HH].[HH].[HH].[HH].[HH]. The van der Waals surface area contributed by atoms with Gasteiger partial charge in [-0.05, 0) is 155 Å². The number of aliphatic hydroxyl groups excluding tert-OH is 1. The van der Waals surface area contributed by atoms with Gasteiger partial charge in [0.1, 0.15) is 49.3 Å². The zero-order valence-electron chi connectivity index (χ0n) is 43.4. The molecule has 3 aromatic heterocycles. The van der Waals surface area contributed by atoms with E-state index >= 15 is 0 Å². The van der Waals surface area contributed by atoms with Gasteiger partial charge in [0.25, 0.3) is 0 Å². The summed E-state index contributed by atoms with van der Waals surface area (Å²) >= 11 is 0. The van der Waals surface area contributed by atoms with E-state index in [9.17, 15) is 9.59 Å². The maximum absolute atomic E-state index is 11.9. The first-order chi connectivity index (χ1) is 40.8. The van der Waals surface area contributed by atoms with Gasteiger partial charge in [0.15, 0.2) is 0 Å². The third-order valence-corrected chi connectivity index (χ3v) is 7.77. The molecule has 466 valence electrons. The van der Waals surface area contributed by atoms with Crippen molar-refractivity contribution in [3.05, 3.63) is 115 Å². The monoisotopic (exact) mass is 1150 g/mol. The molecule has 0 bridgehead atoms. The molecule has 5 rings (SSSR count). The van der Waals surface area contributed by atoms with Gasteiger partial charge < -0.3 is 19.3 Å². The molecule has 0 saturated carbocycles. The smallest absolute Gasteiger partial charge is 0.419 e. The summed E-state index contributed by atoms with van der Waals surface area (Å²) in [6.07, 6.45) is 27.8. The van der Waals surface area contributed by atoms with Crippen molar-refractivity contribution < 1.29 is 91.7 Å². The van der Waals surface area contributed by atoms with Gasteiger partial charge in [0.2, 0.25) is 0 Å². The number of aromatic nitrogens is 6. The summed E-state index contributed by atoms with van der Waals surface area (Å²) in [5.74, 6) is 99.6. The number of rotatable bonds is 5. The summed E-state index contributed by atoms with van der Waals surface area (Å²) in [6, 6.07) is 10.6. The van der Waals surface area contributed by atoms with Crippen LogP contribution in [0.3, 0.4) is 0 Å². The Kier molecular flexibility index (Phi) is 31.9. The minimum Gasteiger partial charge on any atom is -0.444 e. The number of aryl methyl sites for hydroxylation is 2. The number of hydrogen-bond acceptors (Lipinski definition) is 9. The molecular weight excluding hydrogens is 1030 g/mol. The molecule has 2 aromatic carbocycles. The number of terminal acetylenes is 2. The molecule has 12 heteroatoms. The van der Waals surface area contributed by atoms with Gasteiger partial charge in [-0.25, -0.2) is 29.1 Å². The van der Waals surface area contributed by atoms with Gasteiger partial charge in [0, 0.05) is 242 Å². The highest BCUT2D eigenvalue weighted by molar-refractivity contribution is 5.78. The standard InChI is InChI=1S/C34H12N2O3.C30H10O2.C7H6N4O.44H2/c1-3-4-5-6-7-8-9-10-11-12-13-14-15-16-17-18-19-20-21-22-25-38-33-27-31(2)26-32(28-33)29-39-34(37)36-24-23-35-30-36;1-3-4-5-6-7-8-9-10-11-12-13-14-15-16-17-18-19-20-21-22-23-32-30-25-28(2)24-29(26-30)27-31;12-7(10-3-1-8-5-10)11-4-2-9-6-11;;;;;;;;;;;;;;;;;;;;;;;;;;;;;;;;;;;;;;;;;;;;/h1,23-24,26-28,30H,29H2,2H3;1,24-26,31H,27H2,2H3;1-6H;44*1H. The number of hydrogen-bond donors (Lipinski definition) is 1. The lowest BCUT2D eigenvalue weighted by atomic mass is 10.1. The number of imidazole rings is 3. The van der Waals surface area contributed by atoms with Crippen LogP contribution in [0.4, 0.5) is 9.59 Å². The zero-order valence-corrected chi connectivity index (χ0v) is 43.4. The Morgan fingerprint density at radius 2 is 0.711 bits per heavy atom. The van der Waals surface area contributed by atoms with E-state index in [1.54, 1.807) is 49.1 Å². The average molecular weight is 1150 g/mol. The Morgan fingerprint density at radius 3 is 1.01 bits per heavy atom. The van der Waals surface area contributed by atoms with Gasteiger partial charge in [0.05, 0.1) is 6.61 Å². The summed E-state index contributed by atoms with van der Waals surface area (Å²) in [6.45, 7) is 3.79. The molecule has 1 N–H and O–H groups in total. The molecule has 0 aliphatic carbocycles. The Hall–Kier alpha value is -14.9. The van der Waals surface area contributed by atoms with Gasteiger partial charge in [-0.2, -0.15) is 0 Å². The van der Waals surface area contributed by atoms with Crippen LogP contribution in [0.2, 0.25) is 0 Å². The topological polar surface area (TPSA) is 136 Å². The predicted octanol–water partition coefficient (Wildman–Crippen LogP) is 15.3. The molecule has 0 unspecified atom stereocenters. The van der Waals surface area contributed by atoms with E-state index in [4.69, 9.17) is 32.2 Å². The summed E-state index contributed by atoms with van der Waals surface area (Å²) in [5, 5.41) is 9.16. The summed E-state index contributed by atoms with van der Waals surface area (Å²) < 4.78 is 19.9. The van der Waals surface area contributed by atoms with Gasteiger partial charge in [-0.1, -0.05) is 12.1 Å². The average Bonchev–Trinajstić information content (AvgIpc) is 1.87. The van der Waals surface area contributed by atoms with Crippen molar-refractivity contribution in [2.24, 2.45) is 0 Å². The maximum atomic E-state index is 11.9. The molecule has 0 aliphatic heterocycles. The molecule has 5 aromatic rings. The largest absolute Gasteiger partial charge is 0.444 e. The van der Waals surface area contributed by atoms with E-state index in [2.05, 4.69) is 264 Å². The van der Waals surface area contributed by atoms with Crippen molar-refractivity contribution in [3.8, 4) is 273 Å². The van der Waals surface area contributed by atoms with Gasteiger partial charge in [-0.3, -0.25) is 9.13 Å². The highest BCUT2D eigenvalue weighted by Crippen LogP contribution is 2.18. The van der Waals surface area contributed by atoms with Crippen LogP contribution in [0, 0.1) is 276 Å². The summed E-state index contributed by atoms with van der Waals surface area (Å²) in [7, 11) is 0. The lowest BCUT2D eigenvalue weighted by Gasteiger charge is -2.07. The fourth-order valence-corrected chi connectivity index (χ4v) is 4.76. The van der Waals surface area contributed by atoms with Gasteiger partial charge in [-0.15, -0.1) is 12.8 Å². The number of aliphatic hydroxyl groups is 1. The van der Waals surface area contributed by atoms with E-state index in [0.717, 1.165) is 22.3 Å². The van der Waals surface area contributed by atoms with E-state index < -0.39 is 6.09 Å². The van der Waals surface area contributed by atoms with E-state index in [0.29, 0.717) is 11.5 Å². The fourth-order valence-electron chi connectivity index (χ4n) is 4.76. The number of carbonyl (C=O) groups is 2. The Bertz CT molecular complexity index is 4790. The third-order valence-electron chi connectivity index (χ3n) is 7.77. The minimum absolute atomic E-state index is 0. The molecule has 0 aliphatic rings. The molecule has 12 nitrogen and oxygen atoms in total. The molecule has 83 heavy (non-hydrogen) atoms. The lowest BCUT2D eigenvalue weighted by Crippen LogP contribution is -2.15. The first-order valence-corrected chi connectivity index (χ1v) is 22.6. The molecule has 0 fully saturated rings. The third kappa shape index (κ3) is 31.4. The zero-order chi connectivity index (χ0) is 59.3. The second-order valence-corrected chi connectivity index (χ2v) is 13.7. The fraction of sp³-hybridized carbons (Fsp3) is 0.0563. The summed E-state index contributed by atoms with van der Waals surface area (Å²) in [4.78, 5) is 34.6. The lowest BCUT2D eigenvalue weighted by molar-refractivity contribution is 0.141. The quantitative estimate of drug-likeness (QED) is 0.171. The molecule has 0 amide bonds. The van der Waals surface area contributed by atoms with E-state index in [1.807, 2.05) is 26.0 Å². The van der Waals surface area contributed by atoms with Crippen molar-refractivity contribution in [1.82, 2.24) is 28.7 Å². The van der Waals surface area contributed by atoms with Crippen LogP contribution in [0.25, 0.3) is 0 Å². The molecule has 0 saturated heterocycles. The van der Waals surface area contributed by atoms with Crippen LogP contribution in [0.15, 0.2) is 92.6 Å². The van der Waals surface area contributed by atoms with Crippen LogP contribution in [-0.4, -0.2) is 45.9 Å². The normalized spacial score (nSPS) is 6.90. The van der Waals surface area contributed by atoms with Crippen LogP contribution in [0.1, 0.15) is 85.0 Å². The van der Waals surface area contributed by atoms with E-state index in [1.165, 1.54) is 45.1 Å². The first-order valence-electron chi connectivity index (χ1n) is 22.6. The number of carbonyl (C=O) groups excluding carboxylic acids is 2. The van der Waals surface area contributed by atoms with Crippen molar-refractivity contribution in [3.63, 3.8) is 0 Å². The second-order valence-electron chi connectivity index (χ2n) is 13.7. The first kappa shape index (κ1) is 62.4. The van der Waals surface area contributed by atoms with Crippen LogP contribution >= 0.6 is 0 Å². The highest BCUT2D eigenvalue weighted by Gasteiger charge is 2.07. The van der Waals surface area contributed by atoms with E-state index in [-0.39, 0.29) is 82.0 Å². The molecular formula is C71H116N6O6. The van der Waals surface area contributed by atoms with Crippen molar-refractivity contribution >= 4 is 12.1 Å². The van der Waals surface area contributed by atoms with Crippen LogP contribution in [-0.2, 0) is 18.0 Å². The second kappa shape index (κ2) is 42.4. The molecule has 3 heterocycles. The highest BCUT2D eigenvalue weighted by atomic mass is 16.5. The van der Waals surface area contributed by atoms with Gasteiger partial charge >= 0.3 is 12.1 Å². The Morgan fingerprint density at radius 1 is 0.422 bits per heavy atom. The van der Waals surface area contributed by atoms with Crippen molar-refractivity contribution in [2.45, 2.75) is 27.1 Å². The van der Waals surface area contributed by atoms with Crippen LogP contribution in [0.5, 0.6) is 11.5 Å². The predicted molar refractivity (Wildman–Crippen MR) is 404 cm³/mol. The summed E-state index contributed by atoms with van der Waals surface area (Å²) in [5.41, 5.74) is 3.38. The Balaban J connectivity index is -0.0000000192.